The summed E-state index contributed by atoms with van der Waals surface area (Å²) in [6.07, 6.45) is 3.88. The van der Waals surface area contributed by atoms with E-state index in [0.29, 0.717) is 6.54 Å². The van der Waals surface area contributed by atoms with Crippen molar-refractivity contribution < 1.29 is 4.74 Å². The smallest absolute Gasteiger partial charge is 0.0645 e. The van der Waals surface area contributed by atoms with Gasteiger partial charge in [-0.1, -0.05) is 24.3 Å². The zero-order valence-electron chi connectivity index (χ0n) is 12.7. The van der Waals surface area contributed by atoms with Crippen molar-refractivity contribution in [2.75, 3.05) is 26.3 Å². The Bertz CT molecular complexity index is 621. The number of benzene rings is 1. The van der Waals surface area contributed by atoms with E-state index < -0.39 is 0 Å². The Morgan fingerprint density at radius 1 is 1.33 bits per heavy atom. The summed E-state index contributed by atoms with van der Waals surface area (Å²) in [5, 5.41) is 2.41. The van der Waals surface area contributed by atoms with Gasteiger partial charge in [0.05, 0.1) is 13.2 Å². The van der Waals surface area contributed by atoms with Gasteiger partial charge in [-0.15, -0.1) is 0 Å². The first-order chi connectivity index (χ1) is 10.1. The van der Waals surface area contributed by atoms with Crippen LogP contribution in [-0.2, 0) is 4.74 Å². The summed E-state index contributed by atoms with van der Waals surface area (Å²) in [7, 11) is 0. The predicted molar refractivity (Wildman–Crippen MR) is 85.1 cm³/mol. The van der Waals surface area contributed by atoms with Crippen molar-refractivity contribution in [1.82, 2.24) is 9.88 Å². The number of rotatable bonds is 3. The van der Waals surface area contributed by atoms with Gasteiger partial charge in [0.15, 0.2) is 0 Å². The largest absolute Gasteiger partial charge is 0.378 e. The second-order valence-electron chi connectivity index (χ2n) is 6.26. The molecule has 1 aliphatic heterocycles. The van der Waals surface area contributed by atoms with Crippen molar-refractivity contribution in [3.8, 4) is 0 Å². The van der Waals surface area contributed by atoms with Crippen molar-refractivity contribution in [3.63, 3.8) is 0 Å². The maximum atomic E-state index is 6.14. The molecule has 1 atom stereocenters. The molecule has 2 aromatic rings. The second-order valence-corrected chi connectivity index (χ2v) is 6.26. The lowest BCUT2D eigenvalue weighted by Gasteiger charge is -2.46. The molecule has 0 radical (unpaired) electrons. The summed E-state index contributed by atoms with van der Waals surface area (Å²) in [6, 6.07) is 8.54. The highest BCUT2D eigenvalue weighted by Gasteiger charge is 2.36. The van der Waals surface area contributed by atoms with Gasteiger partial charge in [-0.05, 0) is 24.8 Å². The van der Waals surface area contributed by atoms with Gasteiger partial charge in [-0.25, -0.2) is 0 Å². The van der Waals surface area contributed by atoms with E-state index in [0.717, 1.165) is 19.8 Å². The van der Waals surface area contributed by atoms with E-state index in [1.165, 1.54) is 16.3 Å². The molecule has 1 aliphatic rings. The fraction of sp³-hybridized carbons (Fsp3) is 0.471. The number of nitrogens with zero attached hydrogens (tertiary/aromatic N) is 2. The van der Waals surface area contributed by atoms with Crippen LogP contribution in [0.5, 0.6) is 0 Å². The second kappa shape index (κ2) is 5.72. The highest BCUT2D eigenvalue weighted by atomic mass is 16.5. The van der Waals surface area contributed by atoms with Gasteiger partial charge in [0.1, 0.15) is 0 Å². The molecule has 112 valence electrons. The lowest BCUT2D eigenvalue weighted by Crippen LogP contribution is -2.55. The number of morpholine rings is 1. The fourth-order valence-corrected chi connectivity index (χ4v) is 3.28. The third kappa shape index (κ3) is 2.67. The molecule has 4 nitrogen and oxygen atoms in total. The molecule has 0 aliphatic carbocycles. The van der Waals surface area contributed by atoms with Gasteiger partial charge in [0, 0.05) is 42.5 Å². The molecular formula is C17H23N3O. The van der Waals surface area contributed by atoms with Crippen LogP contribution in [0.1, 0.15) is 25.5 Å². The van der Waals surface area contributed by atoms with Gasteiger partial charge in [-0.3, -0.25) is 9.88 Å². The van der Waals surface area contributed by atoms with E-state index in [2.05, 4.69) is 41.9 Å². The lowest BCUT2D eigenvalue weighted by molar-refractivity contribution is -0.0710. The number of aromatic nitrogens is 1. The molecule has 3 rings (SSSR count). The number of hydrogen-bond acceptors (Lipinski definition) is 4. The molecule has 1 unspecified atom stereocenters. The highest BCUT2D eigenvalue weighted by molar-refractivity contribution is 5.85. The molecule has 21 heavy (non-hydrogen) atoms. The van der Waals surface area contributed by atoms with Gasteiger partial charge in [0.25, 0.3) is 0 Å². The van der Waals surface area contributed by atoms with Crippen LogP contribution in [-0.4, -0.2) is 41.7 Å². The Kier molecular flexibility index (Phi) is 3.93. The third-order valence-electron chi connectivity index (χ3n) is 4.37. The van der Waals surface area contributed by atoms with Crippen LogP contribution in [0.4, 0.5) is 0 Å². The number of nitrogens with two attached hydrogens (primary N) is 1. The van der Waals surface area contributed by atoms with Gasteiger partial charge in [0.2, 0.25) is 0 Å². The van der Waals surface area contributed by atoms with E-state index in [4.69, 9.17) is 10.5 Å². The van der Waals surface area contributed by atoms with Gasteiger partial charge >= 0.3 is 0 Å². The molecular weight excluding hydrogens is 262 g/mol. The summed E-state index contributed by atoms with van der Waals surface area (Å²) in [4.78, 5) is 6.87. The summed E-state index contributed by atoms with van der Waals surface area (Å²) < 4.78 is 5.63. The van der Waals surface area contributed by atoms with E-state index in [9.17, 15) is 0 Å². The first-order valence-electron chi connectivity index (χ1n) is 7.51. The quantitative estimate of drug-likeness (QED) is 0.940. The normalized spacial score (nSPS) is 20.5. The van der Waals surface area contributed by atoms with E-state index in [-0.39, 0.29) is 11.6 Å². The van der Waals surface area contributed by atoms with Crippen LogP contribution >= 0.6 is 0 Å². The summed E-state index contributed by atoms with van der Waals surface area (Å²) in [5.41, 5.74) is 7.34. The molecule has 0 saturated carbocycles. The minimum Gasteiger partial charge on any atom is -0.378 e. The molecule has 2 heterocycles. The monoisotopic (exact) mass is 285 g/mol. The van der Waals surface area contributed by atoms with Gasteiger partial charge < -0.3 is 10.5 Å². The fourth-order valence-electron chi connectivity index (χ4n) is 3.28. The van der Waals surface area contributed by atoms with Crippen LogP contribution in [0.2, 0.25) is 0 Å². The standard InChI is InChI=1S/C17H23N3O/c1-17(2)12-21-8-7-20(17)16(9-18)15-11-19-10-13-5-3-4-6-14(13)15/h3-6,10-11,16H,7-9,12,18H2,1-2H3. The van der Waals surface area contributed by atoms with Crippen LogP contribution < -0.4 is 5.73 Å². The Hall–Kier alpha value is -1.49. The van der Waals surface area contributed by atoms with Crippen molar-refractivity contribution >= 4 is 10.8 Å². The Balaban J connectivity index is 2.06. The predicted octanol–water partition coefficient (Wildman–Crippen LogP) is 2.35. The molecule has 0 amide bonds. The Morgan fingerprint density at radius 3 is 2.90 bits per heavy atom. The topological polar surface area (TPSA) is 51.4 Å². The average molecular weight is 285 g/mol. The summed E-state index contributed by atoms with van der Waals surface area (Å²) >= 11 is 0. The molecule has 1 fully saturated rings. The number of fused-ring (bicyclic) bond motifs is 1. The molecule has 0 spiro atoms. The number of hydrogen-bond donors (Lipinski definition) is 1. The molecule has 1 saturated heterocycles. The van der Waals surface area contributed by atoms with E-state index in [1.807, 2.05) is 18.5 Å². The maximum Gasteiger partial charge on any atom is 0.0645 e. The zero-order valence-corrected chi connectivity index (χ0v) is 12.7. The van der Waals surface area contributed by atoms with Crippen LogP contribution in [0.3, 0.4) is 0 Å². The summed E-state index contributed by atoms with van der Waals surface area (Å²) in [5.74, 6) is 0. The SMILES string of the molecule is CC1(C)COCCN1C(CN)c1cncc2ccccc12. The highest BCUT2D eigenvalue weighted by Crippen LogP contribution is 2.33. The average Bonchev–Trinajstić information content (AvgIpc) is 2.49. The summed E-state index contributed by atoms with van der Waals surface area (Å²) in [6.45, 7) is 7.41. The van der Waals surface area contributed by atoms with Crippen LogP contribution in [0.25, 0.3) is 10.8 Å². The zero-order chi connectivity index (χ0) is 14.9. The lowest BCUT2D eigenvalue weighted by atomic mass is 9.94. The molecule has 4 heteroatoms. The molecule has 1 aromatic carbocycles. The maximum absolute atomic E-state index is 6.14. The minimum absolute atomic E-state index is 0.0147. The van der Waals surface area contributed by atoms with Crippen LogP contribution in [0.15, 0.2) is 36.7 Å². The van der Waals surface area contributed by atoms with Crippen LogP contribution in [0, 0.1) is 0 Å². The van der Waals surface area contributed by atoms with Crippen molar-refractivity contribution in [2.45, 2.75) is 25.4 Å². The third-order valence-corrected chi connectivity index (χ3v) is 4.37. The van der Waals surface area contributed by atoms with E-state index >= 15 is 0 Å². The Morgan fingerprint density at radius 2 is 2.14 bits per heavy atom. The van der Waals surface area contributed by atoms with Crippen molar-refractivity contribution in [2.24, 2.45) is 5.73 Å². The van der Waals surface area contributed by atoms with E-state index in [1.54, 1.807) is 0 Å². The first-order valence-corrected chi connectivity index (χ1v) is 7.51. The van der Waals surface area contributed by atoms with Crippen molar-refractivity contribution in [3.05, 3.63) is 42.2 Å². The minimum atomic E-state index is -0.0147. The Labute approximate surface area is 125 Å². The molecule has 0 bridgehead atoms. The van der Waals surface area contributed by atoms with Gasteiger partial charge in [-0.2, -0.15) is 0 Å². The number of pyridine rings is 1. The molecule has 1 aromatic heterocycles. The molecule has 2 N–H and O–H groups in total. The van der Waals surface area contributed by atoms with Crippen molar-refractivity contribution in [1.29, 1.82) is 0 Å². The first kappa shape index (κ1) is 14.4. The number of ether oxygens (including phenoxy) is 1.